The number of aryl methyl sites for hydroxylation is 1. The lowest BCUT2D eigenvalue weighted by Gasteiger charge is -2.33. The van der Waals surface area contributed by atoms with Crippen LogP contribution in [0.3, 0.4) is 0 Å². The zero-order valence-corrected chi connectivity index (χ0v) is 14.9. The highest BCUT2D eigenvalue weighted by molar-refractivity contribution is 5.89. The summed E-state index contributed by atoms with van der Waals surface area (Å²) < 4.78 is 0. The summed E-state index contributed by atoms with van der Waals surface area (Å²) in [4.78, 5) is 24.9. The lowest BCUT2D eigenvalue weighted by Crippen LogP contribution is -2.44. The van der Waals surface area contributed by atoms with E-state index in [0.717, 1.165) is 55.0 Å². The van der Waals surface area contributed by atoms with Gasteiger partial charge in [-0.2, -0.15) is 0 Å². The molecule has 0 aliphatic carbocycles. The molecule has 0 unspecified atom stereocenters. The van der Waals surface area contributed by atoms with Crippen LogP contribution < -0.4 is 15.5 Å². The molecule has 1 aliphatic heterocycles. The molecule has 1 aromatic heterocycles. The van der Waals surface area contributed by atoms with Gasteiger partial charge in [0.05, 0.1) is 0 Å². The molecule has 1 aliphatic rings. The van der Waals surface area contributed by atoms with Gasteiger partial charge in [0.1, 0.15) is 17.5 Å². The van der Waals surface area contributed by atoms with Crippen LogP contribution in [0.25, 0.3) is 0 Å². The molecule has 3 rings (SSSR count). The number of amides is 1. The number of likely N-dealkylation sites (N-methyl/N-ethyl adjacent to an activating group) is 1. The third kappa shape index (κ3) is 4.67. The van der Waals surface area contributed by atoms with Crippen molar-refractivity contribution in [3.63, 3.8) is 0 Å². The van der Waals surface area contributed by atoms with Crippen LogP contribution in [0.4, 0.5) is 23.0 Å². The van der Waals surface area contributed by atoms with Crippen LogP contribution in [-0.2, 0) is 4.79 Å². The minimum Gasteiger partial charge on any atom is -0.354 e. The van der Waals surface area contributed by atoms with Crippen LogP contribution >= 0.6 is 0 Å². The van der Waals surface area contributed by atoms with Gasteiger partial charge >= 0.3 is 0 Å². The molecule has 1 aromatic carbocycles. The number of benzene rings is 1. The highest BCUT2D eigenvalue weighted by Gasteiger charge is 2.16. The Bertz CT molecular complexity index is 755. The number of carbonyl (C=O) groups is 1. The topological polar surface area (TPSA) is 73.4 Å². The number of rotatable bonds is 4. The second kappa shape index (κ2) is 7.48. The van der Waals surface area contributed by atoms with Gasteiger partial charge in [-0.3, -0.25) is 4.79 Å². The predicted molar refractivity (Wildman–Crippen MR) is 101 cm³/mol. The van der Waals surface area contributed by atoms with E-state index in [1.54, 1.807) is 0 Å². The average molecular weight is 340 g/mol. The van der Waals surface area contributed by atoms with Crippen molar-refractivity contribution in [2.45, 2.75) is 13.8 Å². The third-order valence-corrected chi connectivity index (χ3v) is 4.11. The number of piperazine rings is 1. The molecule has 1 amide bonds. The minimum atomic E-state index is -0.0904. The first-order valence-corrected chi connectivity index (χ1v) is 8.43. The quantitative estimate of drug-likeness (QED) is 0.889. The monoisotopic (exact) mass is 340 g/mol. The predicted octanol–water partition coefficient (Wildman–Crippen LogP) is 2.24. The first kappa shape index (κ1) is 17.2. The minimum absolute atomic E-state index is 0.0904. The summed E-state index contributed by atoms with van der Waals surface area (Å²) in [6.07, 6.45) is 0. The number of aromatic nitrogens is 2. The molecule has 0 bridgehead atoms. The van der Waals surface area contributed by atoms with Crippen molar-refractivity contribution in [2.75, 3.05) is 48.8 Å². The van der Waals surface area contributed by atoms with Crippen LogP contribution in [0.15, 0.2) is 30.3 Å². The van der Waals surface area contributed by atoms with E-state index in [1.165, 1.54) is 6.92 Å². The second-order valence-electron chi connectivity index (χ2n) is 6.34. The standard InChI is InChI=1S/C18H24N6O/c1-13-19-17(12-18(20-13)24-9-7-23(3)8-10-24)22-16-6-4-5-15(11-16)21-14(2)25/h4-6,11-12H,7-10H2,1-3H3,(H,21,25)(H,19,20,22). The fourth-order valence-corrected chi connectivity index (χ4v) is 2.84. The lowest BCUT2D eigenvalue weighted by molar-refractivity contribution is -0.114. The van der Waals surface area contributed by atoms with Crippen molar-refractivity contribution in [1.82, 2.24) is 14.9 Å². The summed E-state index contributed by atoms with van der Waals surface area (Å²) in [5, 5.41) is 6.09. The average Bonchev–Trinajstić information content (AvgIpc) is 2.54. The van der Waals surface area contributed by atoms with E-state index >= 15 is 0 Å². The second-order valence-corrected chi connectivity index (χ2v) is 6.34. The normalized spacial score (nSPS) is 15.1. The van der Waals surface area contributed by atoms with Gasteiger partial charge in [-0.15, -0.1) is 0 Å². The summed E-state index contributed by atoms with van der Waals surface area (Å²) in [5.74, 6) is 2.34. The SMILES string of the molecule is CC(=O)Nc1cccc(Nc2cc(N3CCN(C)CC3)nc(C)n2)c1. The van der Waals surface area contributed by atoms with Crippen LogP contribution in [0.5, 0.6) is 0 Å². The number of carbonyl (C=O) groups excluding carboxylic acids is 1. The molecule has 25 heavy (non-hydrogen) atoms. The van der Waals surface area contributed by atoms with Gasteiger partial charge in [0.25, 0.3) is 0 Å². The zero-order chi connectivity index (χ0) is 17.8. The largest absolute Gasteiger partial charge is 0.354 e. The molecule has 0 spiro atoms. The molecule has 0 atom stereocenters. The molecule has 2 N–H and O–H groups in total. The Balaban J connectivity index is 1.77. The van der Waals surface area contributed by atoms with Gasteiger partial charge in [-0.05, 0) is 32.2 Å². The molecule has 1 saturated heterocycles. The van der Waals surface area contributed by atoms with Gasteiger partial charge < -0.3 is 20.4 Å². The Hall–Kier alpha value is -2.67. The molecular formula is C18H24N6O. The van der Waals surface area contributed by atoms with Crippen molar-refractivity contribution in [3.05, 3.63) is 36.2 Å². The number of hydrogen-bond acceptors (Lipinski definition) is 6. The fourth-order valence-electron chi connectivity index (χ4n) is 2.84. The molecule has 2 aromatic rings. The molecule has 7 nitrogen and oxygen atoms in total. The molecule has 0 radical (unpaired) electrons. The van der Waals surface area contributed by atoms with Crippen LogP contribution in [0, 0.1) is 6.92 Å². The highest BCUT2D eigenvalue weighted by atomic mass is 16.1. The molecule has 0 saturated carbocycles. The van der Waals surface area contributed by atoms with Crippen LogP contribution in [0.1, 0.15) is 12.7 Å². The molecular weight excluding hydrogens is 316 g/mol. The lowest BCUT2D eigenvalue weighted by atomic mass is 10.2. The van der Waals surface area contributed by atoms with E-state index in [2.05, 4.69) is 37.4 Å². The van der Waals surface area contributed by atoms with Gasteiger partial charge in [-0.1, -0.05) is 6.07 Å². The fraction of sp³-hybridized carbons (Fsp3) is 0.389. The summed E-state index contributed by atoms with van der Waals surface area (Å²) >= 11 is 0. The molecule has 1 fully saturated rings. The summed E-state index contributed by atoms with van der Waals surface area (Å²) in [6, 6.07) is 9.55. The van der Waals surface area contributed by atoms with Gasteiger partial charge in [0, 0.05) is 50.5 Å². The summed E-state index contributed by atoms with van der Waals surface area (Å²) in [6.45, 7) is 7.39. The van der Waals surface area contributed by atoms with E-state index in [0.29, 0.717) is 0 Å². The molecule has 132 valence electrons. The maximum atomic E-state index is 11.2. The van der Waals surface area contributed by atoms with E-state index in [9.17, 15) is 4.79 Å². The summed E-state index contributed by atoms with van der Waals surface area (Å²) in [5.41, 5.74) is 1.62. The number of nitrogens with zero attached hydrogens (tertiary/aromatic N) is 4. The third-order valence-electron chi connectivity index (χ3n) is 4.11. The Labute approximate surface area is 148 Å². The van der Waals surface area contributed by atoms with Crippen LogP contribution in [0.2, 0.25) is 0 Å². The van der Waals surface area contributed by atoms with E-state index in [1.807, 2.05) is 37.3 Å². The summed E-state index contributed by atoms with van der Waals surface area (Å²) in [7, 11) is 2.14. The van der Waals surface area contributed by atoms with E-state index < -0.39 is 0 Å². The van der Waals surface area contributed by atoms with Gasteiger partial charge in [0.15, 0.2) is 0 Å². The number of nitrogens with one attached hydrogen (secondary N) is 2. The van der Waals surface area contributed by atoms with Crippen molar-refractivity contribution >= 4 is 28.9 Å². The van der Waals surface area contributed by atoms with Crippen LogP contribution in [-0.4, -0.2) is 54.0 Å². The van der Waals surface area contributed by atoms with Crippen molar-refractivity contribution in [3.8, 4) is 0 Å². The first-order chi connectivity index (χ1) is 12.0. The maximum Gasteiger partial charge on any atom is 0.221 e. The van der Waals surface area contributed by atoms with E-state index in [-0.39, 0.29) is 5.91 Å². The van der Waals surface area contributed by atoms with Gasteiger partial charge in [-0.25, -0.2) is 9.97 Å². The Kier molecular flexibility index (Phi) is 5.14. The van der Waals surface area contributed by atoms with Crippen molar-refractivity contribution in [1.29, 1.82) is 0 Å². The molecule has 2 heterocycles. The Morgan fingerprint density at radius 3 is 2.52 bits per heavy atom. The van der Waals surface area contributed by atoms with Gasteiger partial charge in [0.2, 0.25) is 5.91 Å². The number of hydrogen-bond donors (Lipinski definition) is 2. The zero-order valence-electron chi connectivity index (χ0n) is 14.9. The first-order valence-electron chi connectivity index (χ1n) is 8.43. The van der Waals surface area contributed by atoms with E-state index in [4.69, 9.17) is 0 Å². The Morgan fingerprint density at radius 1 is 1.08 bits per heavy atom. The van der Waals surface area contributed by atoms with Crippen molar-refractivity contribution in [2.24, 2.45) is 0 Å². The number of anilines is 4. The maximum absolute atomic E-state index is 11.2. The Morgan fingerprint density at radius 2 is 1.80 bits per heavy atom. The molecule has 7 heteroatoms. The highest BCUT2D eigenvalue weighted by Crippen LogP contribution is 2.22. The smallest absolute Gasteiger partial charge is 0.221 e. The van der Waals surface area contributed by atoms with Crippen molar-refractivity contribution < 1.29 is 4.79 Å².